The second-order valence-corrected chi connectivity index (χ2v) is 11.9. The zero-order chi connectivity index (χ0) is 30.2. The van der Waals surface area contributed by atoms with Crippen LogP contribution in [0.2, 0.25) is 0 Å². The molecule has 0 spiro atoms. The number of rotatable bonds is 13. The van der Waals surface area contributed by atoms with Crippen LogP contribution in [0, 0.1) is 11.3 Å². The summed E-state index contributed by atoms with van der Waals surface area (Å²) in [7, 11) is 0. The fraction of sp³-hybridized carbons (Fsp3) is 0.457. The van der Waals surface area contributed by atoms with Crippen LogP contribution in [0.5, 0.6) is 0 Å². The number of nitrogens with zero attached hydrogens (tertiary/aromatic N) is 1. The lowest BCUT2D eigenvalue weighted by Gasteiger charge is -2.34. The molecule has 8 heteroatoms. The predicted molar refractivity (Wildman–Crippen MR) is 166 cm³/mol. The largest absolute Gasteiger partial charge is 0.480 e. The van der Waals surface area contributed by atoms with Gasteiger partial charge in [0.15, 0.2) is 0 Å². The zero-order valence-electron chi connectivity index (χ0n) is 24.9. The SMILES string of the molecule is CCOOCC(CCc1cccc2ccccc12)CC1(C(=O)NC2CCc3ccccc3N(CC(=O)O)C2=O)CCCC1. The van der Waals surface area contributed by atoms with Gasteiger partial charge in [0.05, 0.1) is 13.2 Å². The zero-order valence-corrected chi connectivity index (χ0v) is 24.9. The number of aryl methyl sites for hydroxylation is 2. The van der Waals surface area contributed by atoms with Gasteiger partial charge < -0.3 is 10.4 Å². The van der Waals surface area contributed by atoms with E-state index in [9.17, 15) is 19.5 Å². The van der Waals surface area contributed by atoms with Crippen LogP contribution in [-0.4, -0.2) is 48.7 Å². The summed E-state index contributed by atoms with van der Waals surface area (Å²) >= 11 is 0. The second-order valence-electron chi connectivity index (χ2n) is 11.9. The molecule has 2 N–H and O–H groups in total. The molecule has 5 rings (SSSR count). The Morgan fingerprint density at radius 1 is 1.02 bits per heavy atom. The molecule has 3 aromatic carbocycles. The highest BCUT2D eigenvalue weighted by atomic mass is 17.2. The minimum atomic E-state index is -1.09. The maximum absolute atomic E-state index is 14.1. The first-order valence-corrected chi connectivity index (χ1v) is 15.5. The van der Waals surface area contributed by atoms with Gasteiger partial charge in [-0.15, -0.1) is 0 Å². The van der Waals surface area contributed by atoms with Crippen LogP contribution in [0.15, 0.2) is 66.7 Å². The summed E-state index contributed by atoms with van der Waals surface area (Å²) < 4.78 is 0. The van der Waals surface area contributed by atoms with Gasteiger partial charge in [0.25, 0.3) is 0 Å². The number of anilines is 1. The Balaban J connectivity index is 1.33. The number of carbonyl (C=O) groups is 3. The summed E-state index contributed by atoms with van der Waals surface area (Å²) in [6.45, 7) is 2.27. The van der Waals surface area contributed by atoms with Crippen molar-refractivity contribution in [3.8, 4) is 0 Å². The quantitative estimate of drug-likeness (QED) is 0.148. The molecular weight excluding hydrogens is 544 g/mol. The van der Waals surface area contributed by atoms with Crippen molar-refractivity contribution >= 4 is 34.2 Å². The van der Waals surface area contributed by atoms with Gasteiger partial charge >= 0.3 is 5.97 Å². The Morgan fingerprint density at radius 3 is 2.56 bits per heavy atom. The maximum Gasteiger partial charge on any atom is 0.323 e. The van der Waals surface area contributed by atoms with E-state index < -0.39 is 24.0 Å². The normalized spacial score (nSPS) is 18.7. The molecule has 1 heterocycles. The third kappa shape index (κ3) is 7.25. The van der Waals surface area contributed by atoms with Gasteiger partial charge in [-0.3, -0.25) is 19.3 Å². The lowest BCUT2D eigenvalue weighted by atomic mass is 9.75. The van der Waals surface area contributed by atoms with E-state index >= 15 is 0 Å². The van der Waals surface area contributed by atoms with E-state index in [2.05, 4.69) is 41.7 Å². The van der Waals surface area contributed by atoms with Crippen molar-refractivity contribution in [1.82, 2.24) is 5.32 Å². The van der Waals surface area contributed by atoms with Gasteiger partial charge in [-0.05, 0) is 85.8 Å². The van der Waals surface area contributed by atoms with Gasteiger partial charge in [-0.2, -0.15) is 0 Å². The van der Waals surface area contributed by atoms with E-state index in [1.807, 2.05) is 25.1 Å². The van der Waals surface area contributed by atoms with Gasteiger partial charge in [0.2, 0.25) is 11.8 Å². The summed E-state index contributed by atoms with van der Waals surface area (Å²) in [6, 6.07) is 21.3. The Labute approximate surface area is 253 Å². The van der Waals surface area contributed by atoms with Gasteiger partial charge in [-0.25, -0.2) is 9.78 Å². The fourth-order valence-corrected chi connectivity index (χ4v) is 6.93. The molecule has 2 atom stereocenters. The monoisotopic (exact) mass is 586 g/mol. The van der Waals surface area contributed by atoms with Crippen molar-refractivity contribution in [2.45, 2.75) is 70.8 Å². The van der Waals surface area contributed by atoms with Gasteiger partial charge in [0.1, 0.15) is 12.6 Å². The molecule has 1 saturated carbocycles. The Morgan fingerprint density at radius 2 is 1.77 bits per heavy atom. The van der Waals surface area contributed by atoms with Crippen LogP contribution in [0.3, 0.4) is 0 Å². The number of hydrogen-bond acceptors (Lipinski definition) is 5. The minimum absolute atomic E-state index is 0.0759. The smallest absolute Gasteiger partial charge is 0.323 e. The molecule has 8 nitrogen and oxygen atoms in total. The van der Waals surface area contributed by atoms with E-state index in [0.717, 1.165) is 44.1 Å². The highest BCUT2D eigenvalue weighted by molar-refractivity contribution is 6.03. The van der Waals surface area contributed by atoms with Crippen molar-refractivity contribution in [2.24, 2.45) is 11.3 Å². The molecular formula is C35H42N2O6. The number of carbonyl (C=O) groups excluding carboxylic acids is 2. The maximum atomic E-state index is 14.1. The first-order chi connectivity index (χ1) is 20.9. The van der Waals surface area contributed by atoms with E-state index in [0.29, 0.717) is 38.2 Å². The molecule has 2 aliphatic rings. The van der Waals surface area contributed by atoms with Crippen molar-refractivity contribution in [1.29, 1.82) is 0 Å². The molecule has 0 saturated heterocycles. The first kappa shape index (κ1) is 30.7. The summed E-state index contributed by atoms with van der Waals surface area (Å²) in [5.74, 6) is -1.50. The molecule has 3 aromatic rings. The standard InChI is InChI=1S/C35H42N2O6/c1-2-42-43-24-25(16-17-27-13-9-12-26-10-3-5-14-29(26)27)22-35(20-7-8-21-35)34(41)36-30-19-18-28-11-4-6-15-31(28)37(33(30)40)23-32(38)39/h3-6,9-15,25,30H,2,7-8,16-24H2,1H3,(H,36,41)(H,38,39). The number of benzene rings is 3. The Kier molecular flexibility index (Phi) is 10.1. The fourth-order valence-electron chi connectivity index (χ4n) is 6.93. The molecule has 1 aliphatic heterocycles. The average Bonchev–Trinajstić information content (AvgIpc) is 3.45. The predicted octanol–water partition coefficient (Wildman–Crippen LogP) is 5.86. The molecule has 1 fully saturated rings. The van der Waals surface area contributed by atoms with E-state index in [4.69, 9.17) is 9.78 Å². The van der Waals surface area contributed by atoms with Crippen LogP contribution in [0.4, 0.5) is 5.69 Å². The van der Waals surface area contributed by atoms with Gasteiger partial charge in [-0.1, -0.05) is 73.5 Å². The number of carboxylic acid groups (broad SMARTS) is 1. The Hall–Kier alpha value is -3.75. The minimum Gasteiger partial charge on any atom is -0.480 e. The summed E-state index contributed by atoms with van der Waals surface area (Å²) in [4.78, 5) is 51.7. The van der Waals surface area contributed by atoms with Crippen molar-refractivity contribution in [2.75, 3.05) is 24.7 Å². The number of carboxylic acids is 1. The molecule has 1 aliphatic carbocycles. The second kappa shape index (κ2) is 14.1. The van der Waals surface area contributed by atoms with Crippen molar-refractivity contribution in [3.05, 3.63) is 77.9 Å². The topological polar surface area (TPSA) is 105 Å². The first-order valence-electron chi connectivity index (χ1n) is 15.5. The van der Waals surface area contributed by atoms with Crippen LogP contribution in [0.1, 0.15) is 63.0 Å². The number of nitrogens with one attached hydrogen (secondary N) is 1. The highest BCUT2D eigenvalue weighted by Gasteiger charge is 2.44. The summed E-state index contributed by atoms with van der Waals surface area (Å²) in [5, 5.41) is 15.1. The lowest BCUT2D eigenvalue weighted by Crippen LogP contribution is -2.53. The molecule has 0 aromatic heterocycles. The molecule has 0 bridgehead atoms. The van der Waals surface area contributed by atoms with E-state index in [1.165, 1.54) is 21.2 Å². The summed E-state index contributed by atoms with van der Waals surface area (Å²) in [5.41, 5.74) is 2.16. The third-order valence-corrected chi connectivity index (χ3v) is 9.08. The van der Waals surface area contributed by atoms with Crippen LogP contribution < -0.4 is 10.2 Å². The number of fused-ring (bicyclic) bond motifs is 2. The van der Waals surface area contributed by atoms with E-state index in [1.54, 1.807) is 12.1 Å². The number of aliphatic carboxylic acids is 1. The Bertz CT molecular complexity index is 1430. The number of amides is 2. The number of hydrogen-bond donors (Lipinski definition) is 2. The lowest BCUT2D eigenvalue weighted by molar-refractivity contribution is -0.299. The number of para-hydroxylation sites is 1. The van der Waals surface area contributed by atoms with Crippen LogP contribution in [-0.2, 0) is 37.0 Å². The van der Waals surface area contributed by atoms with E-state index in [-0.39, 0.29) is 17.7 Å². The van der Waals surface area contributed by atoms with Gasteiger partial charge in [0, 0.05) is 11.1 Å². The average molecular weight is 587 g/mol. The third-order valence-electron chi connectivity index (χ3n) is 9.08. The van der Waals surface area contributed by atoms with Crippen molar-refractivity contribution < 1.29 is 29.3 Å². The summed E-state index contributed by atoms with van der Waals surface area (Å²) in [6.07, 6.45) is 6.71. The van der Waals surface area contributed by atoms with Crippen molar-refractivity contribution in [3.63, 3.8) is 0 Å². The molecule has 2 unspecified atom stereocenters. The molecule has 2 amide bonds. The molecule has 0 radical (unpaired) electrons. The molecule has 43 heavy (non-hydrogen) atoms. The van der Waals surface area contributed by atoms with Crippen LogP contribution >= 0.6 is 0 Å². The molecule has 228 valence electrons. The highest BCUT2D eigenvalue weighted by Crippen LogP contribution is 2.45. The van der Waals surface area contributed by atoms with Crippen LogP contribution in [0.25, 0.3) is 10.8 Å².